The number of ether oxygens (including phenoxy) is 1. The third-order valence-corrected chi connectivity index (χ3v) is 4.66. The minimum absolute atomic E-state index is 0.0358. The maximum absolute atomic E-state index is 10.9. The summed E-state index contributed by atoms with van der Waals surface area (Å²) in [6.07, 6.45) is 1.81. The topological polar surface area (TPSA) is 74.5 Å². The largest absolute Gasteiger partial charge is 0.489 e. The van der Waals surface area contributed by atoms with Crippen molar-refractivity contribution in [1.29, 1.82) is 0 Å². The zero-order valence-electron chi connectivity index (χ0n) is 17.4. The van der Waals surface area contributed by atoms with Gasteiger partial charge in [-0.05, 0) is 66.6 Å². The van der Waals surface area contributed by atoms with Crippen molar-refractivity contribution in [2.24, 2.45) is 10.2 Å². The van der Waals surface area contributed by atoms with Crippen LogP contribution in [0.4, 0.5) is 17.1 Å². The molecule has 6 nitrogen and oxygen atoms in total. The van der Waals surface area contributed by atoms with Gasteiger partial charge in [-0.15, -0.1) is 0 Å². The Balaban J connectivity index is 1.56. The Morgan fingerprint density at radius 1 is 0.968 bits per heavy atom. The van der Waals surface area contributed by atoms with Gasteiger partial charge in [-0.25, -0.2) is 0 Å². The zero-order valence-corrected chi connectivity index (χ0v) is 17.4. The van der Waals surface area contributed by atoms with E-state index in [0.29, 0.717) is 24.5 Å². The molecular formula is C25H25N3O3. The van der Waals surface area contributed by atoms with Crippen molar-refractivity contribution < 1.29 is 14.6 Å². The Hall–Kier alpha value is -3.93. The Kier molecular flexibility index (Phi) is 7.54. The van der Waals surface area contributed by atoms with E-state index in [-0.39, 0.29) is 6.54 Å². The molecule has 0 saturated carbocycles. The number of rotatable bonds is 10. The van der Waals surface area contributed by atoms with Gasteiger partial charge in [0, 0.05) is 12.2 Å². The Bertz CT molecular complexity index is 1030. The SMILES string of the molecule is C=Cc1ccc(COc2ccc(N=Nc3ccc(N(CC)CC(=O)O)cc3)cc2)cc1. The number of hydrogen-bond acceptors (Lipinski definition) is 5. The van der Waals surface area contributed by atoms with Crippen LogP contribution < -0.4 is 9.64 Å². The maximum atomic E-state index is 10.9. The molecule has 0 heterocycles. The van der Waals surface area contributed by atoms with E-state index in [1.165, 1.54) is 0 Å². The highest BCUT2D eigenvalue weighted by Crippen LogP contribution is 2.24. The van der Waals surface area contributed by atoms with Gasteiger partial charge < -0.3 is 14.7 Å². The lowest BCUT2D eigenvalue weighted by atomic mass is 10.1. The molecule has 6 heteroatoms. The first-order valence-corrected chi connectivity index (χ1v) is 10.00. The first-order valence-electron chi connectivity index (χ1n) is 10.00. The number of nitrogens with zero attached hydrogens (tertiary/aromatic N) is 3. The van der Waals surface area contributed by atoms with Gasteiger partial charge in [0.05, 0.1) is 11.4 Å². The Morgan fingerprint density at radius 3 is 2.06 bits per heavy atom. The molecule has 0 aliphatic rings. The van der Waals surface area contributed by atoms with Crippen molar-refractivity contribution in [3.63, 3.8) is 0 Å². The number of benzene rings is 3. The smallest absolute Gasteiger partial charge is 0.323 e. The summed E-state index contributed by atoms with van der Waals surface area (Å²) in [6.45, 7) is 6.73. The van der Waals surface area contributed by atoms with Gasteiger partial charge in [0.1, 0.15) is 18.9 Å². The molecule has 158 valence electrons. The Morgan fingerprint density at radius 2 is 1.55 bits per heavy atom. The van der Waals surface area contributed by atoms with Crippen molar-refractivity contribution in [2.45, 2.75) is 13.5 Å². The molecule has 3 aromatic carbocycles. The molecule has 0 unspecified atom stereocenters. The molecule has 0 spiro atoms. The summed E-state index contributed by atoms with van der Waals surface area (Å²) in [5.41, 5.74) is 4.41. The molecule has 0 fully saturated rings. The lowest BCUT2D eigenvalue weighted by molar-refractivity contribution is -0.135. The summed E-state index contributed by atoms with van der Waals surface area (Å²) in [5, 5.41) is 17.5. The monoisotopic (exact) mass is 415 g/mol. The van der Waals surface area contributed by atoms with Crippen molar-refractivity contribution >= 4 is 29.1 Å². The van der Waals surface area contributed by atoms with Crippen molar-refractivity contribution in [2.75, 3.05) is 18.0 Å². The van der Waals surface area contributed by atoms with Gasteiger partial charge in [-0.3, -0.25) is 4.79 Å². The average Bonchev–Trinajstić information content (AvgIpc) is 2.81. The van der Waals surface area contributed by atoms with Gasteiger partial charge in [-0.2, -0.15) is 10.2 Å². The van der Waals surface area contributed by atoms with Gasteiger partial charge in [0.15, 0.2) is 0 Å². The van der Waals surface area contributed by atoms with Crippen LogP contribution in [0.25, 0.3) is 6.08 Å². The minimum Gasteiger partial charge on any atom is -0.489 e. The van der Waals surface area contributed by atoms with Crippen LogP contribution in [0.5, 0.6) is 5.75 Å². The molecule has 0 atom stereocenters. The van der Waals surface area contributed by atoms with E-state index in [9.17, 15) is 4.79 Å². The highest BCUT2D eigenvalue weighted by molar-refractivity contribution is 5.74. The number of aliphatic carboxylic acids is 1. The number of azo groups is 1. The van der Waals surface area contributed by atoms with E-state index in [1.54, 1.807) is 4.90 Å². The lowest BCUT2D eigenvalue weighted by Crippen LogP contribution is -2.29. The third kappa shape index (κ3) is 6.54. The molecule has 0 aliphatic carbocycles. The molecule has 0 radical (unpaired) electrons. The first-order chi connectivity index (χ1) is 15.1. The molecule has 0 saturated heterocycles. The molecule has 31 heavy (non-hydrogen) atoms. The number of carbonyl (C=O) groups is 1. The predicted octanol–water partition coefficient (Wildman–Crippen LogP) is 6.23. The fraction of sp³-hybridized carbons (Fsp3) is 0.160. The zero-order chi connectivity index (χ0) is 22.1. The highest BCUT2D eigenvalue weighted by Gasteiger charge is 2.08. The fourth-order valence-corrected chi connectivity index (χ4v) is 2.92. The summed E-state index contributed by atoms with van der Waals surface area (Å²) in [7, 11) is 0. The van der Waals surface area contributed by atoms with Crippen LogP contribution in [0.1, 0.15) is 18.1 Å². The third-order valence-electron chi connectivity index (χ3n) is 4.66. The van der Waals surface area contributed by atoms with Gasteiger partial charge in [-0.1, -0.05) is 36.9 Å². The molecule has 0 amide bonds. The molecule has 0 aromatic heterocycles. The van der Waals surface area contributed by atoms with Crippen LogP contribution in [0.2, 0.25) is 0 Å². The molecule has 3 aromatic rings. The van der Waals surface area contributed by atoms with E-state index >= 15 is 0 Å². The minimum atomic E-state index is -0.858. The summed E-state index contributed by atoms with van der Waals surface area (Å²) >= 11 is 0. The fourth-order valence-electron chi connectivity index (χ4n) is 2.92. The second kappa shape index (κ2) is 10.7. The van der Waals surface area contributed by atoms with Crippen LogP contribution in [-0.4, -0.2) is 24.2 Å². The summed E-state index contributed by atoms with van der Waals surface area (Å²) < 4.78 is 5.81. The van der Waals surface area contributed by atoms with Crippen LogP contribution in [0, 0.1) is 0 Å². The second-order valence-corrected chi connectivity index (χ2v) is 6.85. The summed E-state index contributed by atoms with van der Waals surface area (Å²) in [6, 6.07) is 22.8. The van der Waals surface area contributed by atoms with Crippen molar-refractivity contribution in [3.8, 4) is 5.75 Å². The van der Waals surface area contributed by atoms with E-state index < -0.39 is 5.97 Å². The number of likely N-dealkylation sites (N-methyl/N-ethyl adjacent to an activating group) is 1. The standard InChI is InChI=1S/C25H25N3O3/c1-3-19-5-7-20(8-6-19)18-31-24-15-11-22(12-16-24)27-26-21-9-13-23(14-10-21)28(4-2)17-25(29)30/h3,5-16H,1,4,17-18H2,2H3,(H,29,30). The van der Waals surface area contributed by atoms with Gasteiger partial charge in [0.25, 0.3) is 0 Å². The van der Waals surface area contributed by atoms with E-state index in [2.05, 4.69) is 16.8 Å². The van der Waals surface area contributed by atoms with Crippen molar-refractivity contribution in [3.05, 3.63) is 90.5 Å². The van der Waals surface area contributed by atoms with Gasteiger partial charge in [0.2, 0.25) is 0 Å². The molecule has 0 bridgehead atoms. The molecular weight excluding hydrogens is 390 g/mol. The number of carboxylic acids is 1. The lowest BCUT2D eigenvalue weighted by Gasteiger charge is -2.20. The van der Waals surface area contributed by atoms with Crippen LogP contribution in [0.3, 0.4) is 0 Å². The van der Waals surface area contributed by atoms with Crippen LogP contribution >= 0.6 is 0 Å². The molecule has 3 rings (SSSR count). The molecule has 1 N–H and O–H groups in total. The van der Waals surface area contributed by atoms with E-state index in [0.717, 1.165) is 22.6 Å². The second-order valence-electron chi connectivity index (χ2n) is 6.85. The summed E-state index contributed by atoms with van der Waals surface area (Å²) in [4.78, 5) is 12.7. The number of anilines is 1. The number of carboxylic acid groups (broad SMARTS) is 1. The quantitative estimate of drug-likeness (QED) is 0.398. The van der Waals surface area contributed by atoms with E-state index in [1.807, 2.05) is 85.8 Å². The first kappa shape index (κ1) is 21.8. The Labute approximate surface area is 182 Å². The van der Waals surface area contributed by atoms with Crippen LogP contribution in [0.15, 0.2) is 89.6 Å². The molecule has 0 aliphatic heterocycles. The highest BCUT2D eigenvalue weighted by atomic mass is 16.5. The van der Waals surface area contributed by atoms with Crippen molar-refractivity contribution in [1.82, 2.24) is 0 Å². The van der Waals surface area contributed by atoms with Gasteiger partial charge >= 0.3 is 5.97 Å². The number of hydrogen-bond donors (Lipinski definition) is 1. The summed E-state index contributed by atoms with van der Waals surface area (Å²) in [5.74, 6) is -0.0992. The van der Waals surface area contributed by atoms with Crippen LogP contribution in [-0.2, 0) is 11.4 Å². The predicted molar refractivity (Wildman–Crippen MR) is 123 cm³/mol. The average molecular weight is 415 g/mol. The van der Waals surface area contributed by atoms with E-state index in [4.69, 9.17) is 9.84 Å². The normalized spacial score (nSPS) is 10.7. The maximum Gasteiger partial charge on any atom is 0.323 e.